The van der Waals surface area contributed by atoms with E-state index in [2.05, 4.69) is 25.7 Å². The zero-order chi connectivity index (χ0) is 15.6. The van der Waals surface area contributed by atoms with Crippen molar-refractivity contribution in [2.75, 3.05) is 19.6 Å². The predicted octanol–water partition coefficient (Wildman–Crippen LogP) is 1.96. The molecule has 1 atom stereocenters. The lowest BCUT2D eigenvalue weighted by Gasteiger charge is -2.39. The molecule has 2 saturated heterocycles. The van der Waals surface area contributed by atoms with Crippen LogP contribution in [0, 0.1) is 5.41 Å². The van der Waals surface area contributed by atoms with Crippen molar-refractivity contribution in [3.8, 4) is 0 Å². The summed E-state index contributed by atoms with van der Waals surface area (Å²) in [5, 5.41) is 9.28. The van der Waals surface area contributed by atoms with E-state index in [1.807, 2.05) is 4.90 Å². The highest BCUT2D eigenvalue weighted by molar-refractivity contribution is 5.77. The molecule has 2 aliphatic rings. The lowest BCUT2D eigenvalue weighted by Crippen LogP contribution is -2.50. The van der Waals surface area contributed by atoms with Crippen LogP contribution in [0.25, 0.3) is 0 Å². The fraction of sp³-hybridized carbons (Fsp3) is 0.875. The van der Waals surface area contributed by atoms with Crippen LogP contribution in [0.15, 0.2) is 0 Å². The fourth-order valence-corrected chi connectivity index (χ4v) is 3.50. The SMILES string of the molecule is CC(C)(C)CC(=O)N1CCC(N2CCCC2C(=O)O)CC1. The number of piperidine rings is 1. The largest absolute Gasteiger partial charge is 0.480 e. The maximum absolute atomic E-state index is 12.2. The molecular weight excluding hydrogens is 268 g/mol. The van der Waals surface area contributed by atoms with E-state index in [1.165, 1.54) is 0 Å². The summed E-state index contributed by atoms with van der Waals surface area (Å²) in [6.07, 6.45) is 4.12. The average molecular weight is 296 g/mol. The van der Waals surface area contributed by atoms with Crippen molar-refractivity contribution in [2.24, 2.45) is 5.41 Å². The van der Waals surface area contributed by atoms with Gasteiger partial charge in [0.2, 0.25) is 5.91 Å². The van der Waals surface area contributed by atoms with Gasteiger partial charge < -0.3 is 10.0 Å². The monoisotopic (exact) mass is 296 g/mol. The second kappa shape index (κ2) is 6.34. The summed E-state index contributed by atoms with van der Waals surface area (Å²) in [5.41, 5.74) is 0.0251. The molecule has 2 aliphatic heterocycles. The number of amides is 1. The quantitative estimate of drug-likeness (QED) is 0.865. The molecule has 0 saturated carbocycles. The molecule has 0 aromatic carbocycles. The Balaban J connectivity index is 1.86. The zero-order valence-electron chi connectivity index (χ0n) is 13.5. The molecule has 0 aliphatic carbocycles. The lowest BCUT2D eigenvalue weighted by atomic mass is 9.91. The third-order valence-electron chi connectivity index (χ3n) is 4.55. The molecule has 2 rings (SSSR count). The number of nitrogens with zero attached hydrogens (tertiary/aromatic N) is 2. The lowest BCUT2D eigenvalue weighted by molar-refractivity contribution is -0.144. The number of carboxylic acids is 1. The van der Waals surface area contributed by atoms with Crippen molar-refractivity contribution < 1.29 is 14.7 Å². The Bertz CT molecular complexity index is 395. The van der Waals surface area contributed by atoms with Crippen LogP contribution < -0.4 is 0 Å². The third kappa shape index (κ3) is 4.19. The van der Waals surface area contributed by atoms with Gasteiger partial charge in [-0.3, -0.25) is 14.5 Å². The van der Waals surface area contributed by atoms with Crippen molar-refractivity contribution in [3.05, 3.63) is 0 Å². The zero-order valence-corrected chi connectivity index (χ0v) is 13.5. The van der Waals surface area contributed by atoms with Gasteiger partial charge in [0.05, 0.1) is 0 Å². The Morgan fingerprint density at radius 3 is 2.24 bits per heavy atom. The van der Waals surface area contributed by atoms with Gasteiger partial charge >= 0.3 is 5.97 Å². The molecule has 0 aromatic rings. The van der Waals surface area contributed by atoms with Crippen LogP contribution >= 0.6 is 0 Å². The highest BCUT2D eigenvalue weighted by Gasteiger charge is 2.37. The number of aliphatic carboxylic acids is 1. The highest BCUT2D eigenvalue weighted by atomic mass is 16.4. The molecule has 21 heavy (non-hydrogen) atoms. The van der Waals surface area contributed by atoms with E-state index in [1.54, 1.807) is 0 Å². The van der Waals surface area contributed by atoms with Gasteiger partial charge in [-0.05, 0) is 37.6 Å². The first kappa shape index (κ1) is 16.3. The van der Waals surface area contributed by atoms with E-state index in [0.29, 0.717) is 12.5 Å². The molecule has 1 N–H and O–H groups in total. The van der Waals surface area contributed by atoms with Crippen LogP contribution in [0.4, 0.5) is 0 Å². The Morgan fingerprint density at radius 1 is 1.10 bits per heavy atom. The molecule has 2 fully saturated rings. The second-order valence-corrected chi connectivity index (χ2v) is 7.58. The molecule has 2 heterocycles. The van der Waals surface area contributed by atoms with Gasteiger partial charge in [-0.2, -0.15) is 0 Å². The molecule has 0 bridgehead atoms. The molecule has 120 valence electrons. The van der Waals surface area contributed by atoms with Crippen LogP contribution in [0.3, 0.4) is 0 Å². The Labute approximate surface area is 127 Å². The minimum Gasteiger partial charge on any atom is -0.480 e. The first-order valence-electron chi connectivity index (χ1n) is 8.04. The Hall–Kier alpha value is -1.10. The average Bonchev–Trinajstić information content (AvgIpc) is 2.86. The summed E-state index contributed by atoms with van der Waals surface area (Å²) in [6.45, 7) is 8.67. The molecule has 0 radical (unpaired) electrons. The Morgan fingerprint density at radius 2 is 1.71 bits per heavy atom. The van der Waals surface area contributed by atoms with Gasteiger partial charge in [0, 0.05) is 25.6 Å². The second-order valence-electron chi connectivity index (χ2n) is 7.58. The van der Waals surface area contributed by atoms with Gasteiger partial charge in [0.15, 0.2) is 0 Å². The summed E-state index contributed by atoms with van der Waals surface area (Å²) < 4.78 is 0. The molecule has 0 aromatic heterocycles. The van der Waals surface area contributed by atoms with Gasteiger partial charge in [0.25, 0.3) is 0 Å². The van der Waals surface area contributed by atoms with Gasteiger partial charge in [-0.15, -0.1) is 0 Å². The molecule has 5 nitrogen and oxygen atoms in total. The number of carbonyl (C=O) groups is 2. The molecule has 0 spiro atoms. The fourth-order valence-electron chi connectivity index (χ4n) is 3.50. The molecular formula is C16H28N2O3. The summed E-state index contributed by atoms with van der Waals surface area (Å²) >= 11 is 0. The first-order chi connectivity index (χ1) is 9.78. The van der Waals surface area contributed by atoms with Crippen molar-refractivity contribution in [2.45, 2.75) is 65.0 Å². The Kier molecular flexibility index (Phi) is 4.91. The highest BCUT2D eigenvalue weighted by Crippen LogP contribution is 2.27. The van der Waals surface area contributed by atoms with Gasteiger partial charge in [-0.1, -0.05) is 20.8 Å². The van der Waals surface area contributed by atoms with E-state index < -0.39 is 5.97 Å². The molecule has 1 unspecified atom stereocenters. The molecule has 1 amide bonds. The first-order valence-corrected chi connectivity index (χ1v) is 8.04. The minimum atomic E-state index is -0.696. The number of likely N-dealkylation sites (tertiary alicyclic amines) is 2. The van der Waals surface area contributed by atoms with Crippen LogP contribution in [0.1, 0.15) is 52.9 Å². The van der Waals surface area contributed by atoms with Crippen LogP contribution in [0.5, 0.6) is 0 Å². The topological polar surface area (TPSA) is 60.9 Å². The van der Waals surface area contributed by atoms with Gasteiger partial charge in [0.1, 0.15) is 6.04 Å². The minimum absolute atomic E-state index is 0.0251. The predicted molar refractivity (Wildman–Crippen MR) is 81.0 cm³/mol. The van der Waals surface area contributed by atoms with Crippen molar-refractivity contribution in [1.82, 2.24) is 9.80 Å². The van der Waals surface area contributed by atoms with Crippen LogP contribution in [-0.4, -0.2) is 58.5 Å². The number of carboxylic acid groups (broad SMARTS) is 1. The van der Waals surface area contributed by atoms with Crippen molar-refractivity contribution in [3.63, 3.8) is 0 Å². The van der Waals surface area contributed by atoms with E-state index in [9.17, 15) is 14.7 Å². The van der Waals surface area contributed by atoms with Crippen molar-refractivity contribution >= 4 is 11.9 Å². The normalized spacial score (nSPS) is 25.3. The van der Waals surface area contributed by atoms with E-state index in [0.717, 1.165) is 45.3 Å². The van der Waals surface area contributed by atoms with Crippen molar-refractivity contribution in [1.29, 1.82) is 0 Å². The van der Waals surface area contributed by atoms with Gasteiger partial charge in [-0.25, -0.2) is 0 Å². The summed E-state index contributed by atoms with van der Waals surface area (Å²) in [4.78, 5) is 27.6. The maximum atomic E-state index is 12.2. The number of hydrogen-bond donors (Lipinski definition) is 1. The van der Waals surface area contributed by atoms with E-state index in [-0.39, 0.29) is 17.4 Å². The smallest absolute Gasteiger partial charge is 0.320 e. The third-order valence-corrected chi connectivity index (χ3v) is 4.55. The summed E-state index contributed by atoms with van der Waals surface area (Å²) in [6, 6.07) is 0.0131. The maximum Gasteiger partial charge on any atom is 0.320 e. The van der Waals surface area contributed by atoms with E-state index >= 15 is 0 Å². The summed E-state index contributed by atoms with van der Waals surface area (Å²) in [7, 11) is 0. The summed E-state index contributed by atoms with van der Waals surface area (Å²) in [5.74, 6) is -0.462. The number of rotatable bonds is 3. The number of carbonyl (C=O) groups excluding carboxylic acids is 1. The standard InChI is InChI=1S/C16H28N2O3/c1-16(2,3)11-14(19)17-9-6-12(7-10-17)18-8-4-5-13(18)15(20)21/h12-13H,4-11H2,1-3H3,(H,20,21). The molecule has 5 heteroatoms. The van der Waals surface area contributed by atoms with E-state index in [4.69, 9.17) is 0 Å². The van der Waals surface area contributed by atoms with Crippen LogP contribution in [0.2, 0.25) is 0 Å². The number of hydrogen-bond acceptors (Lipinski definition) is 3. The van der Waals surface area contributed by atoms with Crippen LogP contribution in [-0.2, 0) is 9.59 Å².